The van der Waals surface area contributed by atoms with E-state index in [-0.39, 0.29) is 18.2 Å². The van der Waals surface area contributed by atoms with Crippen molar-refractivity contribution in [3.05, 3.63) is 53.5 Å². The quantitative estimate of drug-likeness (QED) is 0.450. The minimum atomic E-state index is -0.334. The summed E-state index contributed by atoms with van der Waals surface area (Å²) in [6.07, 6.45) is 3.47. The summed E-state index contributed by atoms with van der Waals surface area (Å²) < 4.78 is 18.7. The van der Waals surface area contributed by atoms with Gasteiger partial charge in [-0.2, -0.15) is 0 Å². The lowest BCUT2D eigenvalue weighted by atomic mass is 9.93. The Balaban J connectivity index is 1.30. The molecule has 2 aromatic heterocycles. The number of aromatic nitrogens is 3. The van der Waals surface area contributed by atoms with Crippen LogP contribution in [0.1, 0.15) is 60.9 Å². The summed E-state index contributed by atoms with van der Waals surface area (Å²) >= 11 is 0. The largest absolute Gasteiger partial charge is 0.475 e. The van der Waals surface area contributed by atoms with Crippen LogP contribution in [0.25, 0.3) is 11.0 Å². The number of methoxy groups -OCH3 is 1. The van der Waals surface area contributed by atoms with E-state index in [4.69, 9.17) is 24.2 Å². The van der Waals surface area contributed by atoms with Crippen LogP contribution in [-0.4, -0.2) is 64.4 Å². The lowest BCUT2D eigenvalue weighted by Gasteiger charge is -2.32. The Morgan fingerprint density at radius 1 is 1.14 bits per heavy atom. The maximum absolute atomic E-state index is 12.1. The van der Waals surface area contributed by atoms with Gasteiger partial charge in [-0.3, -0.25) is 4.90 Å². The van der Waals surface area contributed by atoms with Gasteiger partial charge in [0.15, 0.2) is 0 Å². The van der Waals surface area contributed by atoms with Crippen molar-refractivity contribution >= 4 is 17.0 Å². The number of ether oxygens (including phenoxy) is 3. The fourth-order valence-electron chi connectivity index (χ4n) is 4.93. The zero-order valence-electron chi connectivity index (χ0n) is 20.8. The van der Waals surface area contributed by atoms with Gasteiger partial charge in [0.1, 0.15) is 5.82 Å². The summed E-state index contributed by atoms with van der Waals surface area (Å²) in [4.78, 5) is 24.3. The number of hydrogen-bond donors (Lipinski definition) is 0. The molecule has 8 heteroatoms. The van der Waals surface area contributed by atoms with E-state index in [1.807, 2.05) is 38.1 Å². The first kappa shape index (κ1) is 23.8. The Morgan fingerprint density at radius 2 is 1.94 bits per heavy atom. The van der Waals surface area contributed by atoms with Crippen LogP contribution >= 0.6 is 0 Å². The molecular weight excluding hydrogens is 444 g/mol. The second-order valence-corrected chi connectivity index (χ2v) is 9.73. The summed E-state index contributed by atoms with van der Waals surface area (Å²) in [5, 5.41) is 0. The van der Waals surface area contributed by atoms with Crippen LogP contribution in [0.15, 0.2) is 36.4 Å². The van der Waals surface area contributed by atoms with E-state index in [1.54, 1.807) is 6.07 Å². The van der Waals surface area contributed by atoms with Crippen molar-refractivity contribution in [3.63, 3.8) is 0 Å². The summed E-state index contributed by atoms with van der Waals surface area (Å²) in [6, 6.07) is 11.7. The predicted molar refractivity (Wildman–Crippen MR) is 133 cm³/mol. The molecule has 8 nitrogen and oxygen atoms in total. The Kier molecular flexibility index (Phi) is 7.02. The molecule has 2 aliphatic rings. The van der Waals surface area contributed by atoms with Gasteiger partial charge in [0.05, 0.1) is 49.0 Å². The molecule has 1 atom stereocenters. The standard InChI is InChI=1S/C27H34N4O4/c1-18(2)35-26-6-4-5-22(29-26)19-9-12-30(13-10-19)17-25-28-23-8-7-20(27(32)33-3)15-24(23)31(25)16-21-11-14-34-21/h4-8,15,18-19,21H,9-14,16-17H2,1-3H3. The molecule has 1 aromatic carbocycles. The highest BCUT2D eigenvalue weighted by Gasteiger charge is 2.26. The molecule has 0 aliphatic carbocycles. The molecule has 5 rings (SSSR count). The summed E-state index contributed by atoms with van der Waals surface area (Å²) in [5.41, 5.74) is 3.51. The Labute approximate surface area is 206 Å². The third kappa shape index (κ3) is 5.33. The van der Waals surface area contributed by atoms with Gasteiger partial charge in [0.25, 0.3) is 0 Å². The number of benzene rings is 1. The number of pyridine rings is 1. The zero-order valence-corrected chi connectivity index (χ0v) is 20.8. The number of rotatable bonds is 8. The molecule has 4 heterocycles. The van der Waals surface area contributed by atoms with Crippen LogP contribution < -0.4 is 4.74 Å². The summed E-state index contributed by atoms with van der Waals surface area (Å²) in [7, 11) is 1.41. The molecule has 1 unspecified atom stereocenters. The van der Waals surface area contributed by atoms with E-state index in [9.17, 15) is 4.79 Å². The number of esters is 1. The van der Waals surface area contributed by atoms with Crippen molar-refractivity contribution in [1.82, 2.24) is 19.4 Å². The molecule has 3 aromatic rings. The summed E-state index contributed by atoms with van der Waals surface area (Å²) in [6.45, 7) is 8.34. The van der Waals surface area contributed by atoms with Gasteiger partial charge in [-0.05, 0) is 70.5 Å². The van der Waals surface area contributed by atoms with Gasteiger partial charge in [-0.1, -0.05) is 6.07 Å². The van der Waals surface area contributed by atoms with E-state index in [1.165, 1.54) is 7.11 Å². The number of likely N-dealkylation sites (tertiary alicyclic amines) is 1. The van der Waals surface area contributed by atoms with Crippen LogP contribution in [0.5, 0.6) is 5.88 Å². The van der Waals surface area contributed by atoms with Gasteiger partial charge in [0, 0.05) is 24.3 Å². The number of fused-ring (bicyclic) bond motifs is 1. The Hall–Kier alpha value is -2.97. The van der Waals surface area contributed by atoms with E-state index in [0.29, 0.717) is 17.4 Å². The van der Waals surface area contributed by atoms with E-state index in [0.717, 1.165) is 74.6 Å². The average Bonchev–Trinajstić information content (AvgIpc) is 3.17. The minimum absolute atomic E-state index is 0.118. The topological polar surface area (TPSA) is 78.7 Å². The van der Waals surface area contributed by atoms with E-state index in [2.05, 4.69) is 15.5 Å². The fourth-order valence-corrected chi connectivity index (χ4v) is 4.93. The monoisotopic (exact) mass is 478 g/mol. The predicted octanol–water partition coefficient (Wildman–Crippen LogP) is 4.17. The van der Waals surface area contributed by atoms with Gasteiger partial charge < -0.3 is 18.8 Å². The van der Waals surface area contributed by atoms with E-state index < -0.39 is 0 Å². The number of carbonyl (C=O) groups is 1. The molecule has 0 amide bonds. The van der Waals surface area contributed by atoms with Crippen molar-refractivity contribution in [2.24, 2.45) is 0 Å². The SMILES string of the molecule is COC(=O)c1ccc2nc(CN3CCC(c4cccc(OC(C)C)n4)CC3)n(CC3CCO3)c2c1. The smallest absolute Gasteiger partial charge is 0.337 e. The average molecular weight is 479 g/mol. The van der Waals surface area contributed by atoms with Gasteiger partial charge in [-0.25, -0.2) is 14.8 Å². The highest BCUT2D eigenvalue weighted by Crippen LogP contribution is 2.30. The van der Waals surface area contributed by atoms with Crippen molar-refractivity contribution in [2.75, 3.05) is 26.8 Å². The Bertz CT molecular complexity index is 1180. The lowest BCUT2D eigenvalue weighted by molar-refractivity contribution is -0.0592. The number of nitrogens with zero attached hydrogens (tertiary/aromatic N) is 4. The Morgan fingerprint density at radius 3 is 2.63 bits per heavy atom. The van der Waals surface area contributed by atoms with Crippen molar-refractivity contribution < 1.29 is 19.0 Å². The third-order valence-corrected chi connectivity index (χ3v) is 6.90. The molecule has 0 spiro atoms. The second kappa shape index (κ2) is 10.3. The first-order valence-corrected chi connectivity index (χ1v) is 12.5. The molecular formula is C27H34N4O4. The second-order valence-electron chi connectivity index (χ2n) is 9.73. The number of carbonyl (C=O) groups excluding carboxylic acids is 1. The first-order valence-electron chi connectivity index (χ1n) is 12.5. The van der Waals surface area contributed by atoms with Crippen LogP contribution in [0.4, 0.5) is 0 Å². The molecule has 186 valence electrons. The highest BCUT2D eigenvalue weighted by atomic mass is 16.5. The maximum Gasteiger partial charge on any atom is 0.337 e. The van der Waals surface area contributed by atoms with Crippen LogP contribution in [0.3, 0.4) is 0 Å². The van der Waals surface area contributed by atoms with Crippen molar-refractivity contribution in [1.29, 1.82) is 0 Å². The van der Waals surface area contributed by atoms with Crippen LogP contribution in [0.2, 0.25) is 0 Å². The van der Waals surface area contributed by atoms with Crippen LogP contribution in [0, 0.1) is 0 Å². The lowest BCUT2D eigenvalue weighted by Crippen LogP contribution is -2.35. The molecule has 35 heavy (non-hydrogen) atoms. The fraction of sp³-hybridized carbons (Fsp3) is 0.519. The van der Waals surface area contributed by atoms with Gasteiger partial charge >= 0.3 is 5.97 Å². The van der Waals surface area contributed by atoms with Gasteiger partial charge in [0.2, 0.25) is 5.88 Å². The maximum atomic E-state index is 12.1. The molecule has 2 fully saturated rings. The molecule has 2 saturated heterocycles. The number of hydrogen-bond acceptors (Lipinski definition) is 7. The van der Waals surface area contributed by atoms with E-state index >= 15 is 0 Å². The van der Waals surface area contributed by atoms with Crippen molar-refractivity contribution in [3.8, 4) is 5.88 Å². The summed E-state index contributed by atoms with van der Waals surface area (Å²) in [5.74, 6) is 1.83. The molecule has 0 N–H and O–H groups in total. The molecule has 0 bridgehead atoms. The third-order valence-electron chi connectivity index (χ3n) is 6.90. The van der Waals surface area contributed by atoms with Crippen LogP contribution in [-0.2, 0) is 22.6 Å². The van der Waals surface area contributed by atoms with Gasteiger partial charge in [-0.15, -0.1) is 0 Å². The zero-order chi connectivity index (χ0) is 24.4. The highest BCUT2D eigenvalue weighted by molar-refractivity contribution is 5.93. The molecule has 0 saturated carbocycles. The minimum Gasteiger partial charge on any atom is -0.475 e. The number of imidazole rings is 1. The number of piperidine rings is 1. The molecule has 2 aliphatic heterocycles. The van der Waals surface area contributed by atoms with Crippen molar-refractivity contribution in [2.45, 2.75) is 64.3 Å². The molecule has 0 radical (unpaired) electrons. The normalized spacial score (nSPS) is 19.1. The first-order chi connectivity index (χ1) is 17.0.